The van der Waals surface area contributed by atoms with Crippen LogP contribution in [-0.2, 0) is 0 Å². The van der Waals surface area contributed by atoms with Crippen LogP contribution in [0.15, 0.2) is 36.9 Å². The summed E-state index contributed by atoms with van der Waals surface area (Å²) >= 11 is 0. The fourth-order valence-electron chi connectivity index (χ4n) is 1.03. The number of Topliss-reactive ketones (excluding diaryl/α,β-unsaturated/α-hetero) is 1. The average Bonchev–Trinajstić information content (AvgIpc) is 2.18. The van der Waals surface area contributed by atoms with Crippen LogP contribution in [0, 0.1) is 0 Å². The van der Waals surface area contributed by atoms with Gasteiger partial charge >= 0.3 is 0 Å². The van der Waals surface area contributed by atoms with E-state index in [4.69, 9.17) is 4.74 Å². The molecule has 0 aromatic heterocycles. The molecule has 1 rings (SSSR count). The first kappa shape index (κ1) is 10.5. The van der Waals surface area contributed by atoms with E-state index < -0.39 is 0 Å². The van der Waals surface area contributed by atoms with Crippen LogP contribution >= 0.6 is 0 Å². The second kappa shape index (κ2) is 4.61. The van der Waals surface area contributed by atoms with E-state index in [-0.39, 0.29) is 11.9 Å². The van der Waals surface area contributed by atoms with Crippen molar-refractivity contribution in [2.45, 2.75) is 20.0 Å². The lowest BCUT2D eigenvalue weighted by Gasteiger charge is -2.10. The highest BCUT2D eigenvalue weighted by atomic mass is 16.5. The normalized spacial score (nSPS) is 11.9. The Bertz CT molecular complexity index is 325. The Labute approximate surface area is 84.2 Å². The molecule has 0 N–H and O–H groups in total. The molecule has 74 valence electrons. The summed E-state index contributed by atoms with van der Waals surface area (Å²) in [7, 11) is 0. The van der Waals surface area contributed by atoms with Crippen molar-refractivity contribution < 1.29 is 9.53 Å². The van der Waals surface area contributed by atoms with Crippen molar-refractivity contribution in [1.82, 2.24) is 0 Å². The van der Waals surface area contributed by atoms with E-state index >= 15 is 0 Å². The Morgan fingerprint density at radius 2 is 2.00 bits per heavy atom. The van der Waals surface area contributed by atoms with Crippen LogP contribution in [0.5, 0.6) is 5.75 Å². The maximum atomic E-state index is 11.0. The van der Waals surface area contributed by atoms with Gasteiger partial charge in [-0.2, -0.15) is 0 Å². The standard InChI is InChI=1S/C12H14O2/c1-4-9(2)14-12-7-5-11(6-8-12)10(3)13/h4-9H,1H2,2-3H3. The quantitative estimate of drug-likeness (QED) is 0.539. The number of ketones is 1. The molecular weight excluding hydrogens is 176 g/mol. The number of hydrogen-bond acceptors (Lipinski definition) is 2. The molecule has 14 heavy (non-hydrogen) atoms. The van der Waals surface area contributed by atoms with Gasteiger partial charge in [0.25, 0.3) is 0 Å². The van der Waals surface area contributed by atoms with E-state index in [0.29, 0.717) is 5.56 Å². The first-order valence-corrected chi connectivity index (χ1v) is 4.53. The van der Waals surface area contributed by atoms with Gasteiger partial charge in [-0.1, -0.05) is 12.7 Å². The molecule has 1 aromatic rings. The molecule has 0 heterocycles. The Balaban J connectivity index is 2.73. The highest BCUT2D eigenvalue weighted by molar-refractivity contribution is 5.94. The number of carbonyl (C=O) groups excluding carboxylic acids is 1. The molecule has 0 bridgehead atoms. The van der Waals surface area contributed by atoms with Gasteiger partial charge in [-0.05, 0) is 38.1 Å². The zero-order chi connectivity index (χ0) is 10.6. The number of ether oxygens (including phenoxy) is 1. The molecule has 1 atom stereocenters. The second-order valence-electron chi connectivity index (χ2n) is 3.14. The van der Waals surface area contributed by atoms with Gasteiger partial charge in [-0.15, -0.1) is 0 Å². The molecule has 0 aliphatic heterocycles. The molecule has 1 unspecified atom stereocenters. The van der Waals surface area contributed by atoms with Crippen LogP contribution in [0.25, 0.3) is 0 Å². The fraction of sp³-hybridized carbons (Fsp3) is 0.250. The average molecular weight is 190 g/mol. The van der Waals surface area contributed by atoms with Gasteiger partial charge in [-0.25, -0.2) is 0 Å². The maximum absolute atomic E-state index is 11.0. The van der Waals surface area contributed by atoms with Gasteiger partial charge in [0.15, 0.2) is 5.78 Å². The Kier molecular flexibility index (Phi) is 3.46. The minimum atomic E-state index is -0.0156. The topological polar surface area (TPSA) is 26.3 Å². The molecule has 1 aromatic carbocycles. The van der Waals surface area contributed by atoms with Crippen molar-refractivity contribution in [3.63, 3.8) is 0 Å². The largest absolute Gasteiger partial charge is 0.487 e. The lowest BCUT2D eigenvalue weighted by molar-refractivity contribution is 0.101. The van der Waals surface area contributed by atoms with Gasteiger partial charge in [0, 0.05) is 5.56 Å². The van der Waals surface area contributed by atoms with E-state index in [2.05, 4.69) is 6.58 Å². The Hall–Kier alpha value is -1.57. The molecule has 2 heteroatoms. The van der Waals surface area contributed by atoms with Crippen molar-refractivity contribution in [3.05, 3.63) is 42.5 Å². The van der Waals surface area contributed by atoms with Crippen molar-refractivity contribution in [2.24, 2.45) is 0 Å². The number of rotatable bonds is 4. The summed E-state index contributed by atoms with van der Waals surface area (Å²) in [6.45, 7) is 7.08. The zero-order valence-corrected chi connectivity index (χ0v) is 8.49. The van der Waals surface area contributed by atoms with Gasteiger partial charge in [-0.3, -0.25) is 4.79 Å². The lowest BCUT2D eigenvalue weighted by atomic mass is 10.1. The van der Waals surface area contributed by atoms with Gasteiger partial charge in [0.2, 0.25) is 0 Å². The molecule has 2 nitrogen and oxygen atoms in total. The molecule has 0 amide bonds. The highest BCUT2D eigenvalue weighted by Gasteiger charge is 2.01. The first-order chi connectivity index (χ1) is 6.63. The predicted molar refractivity (Wildman–Crippen MR) is 56.7 cm³/mol. The maximum Gasteiger partial charge on any atom is 0.159 e. The van der Waals surface area contributed by atoms with E-state index in [1.54, 1.807) is 37.3 Å². The van der Waals surface area contributed by atoms with Crippen LogP contribution in [0.3, 0.4) is 0 Å². The molecule has 0 saturated carbocycles. The number of carbonyl (C=O) groups is 1. The number of benzene rings is 1. The molecule has 0 saturated heterocycles. The second-order valence-corrected chi connectivity index (χ2v) is 3.14. The first-order valence-electron chi connectivity index (χ1n) is 4.53. The molecular formula is C12H14O2. The van der Waals surface area contributed by atoms with Crippen molar-refractivity contribution >= 4 is 5.78 Å². The molecule has 0 spiro atoms. The third-order valence-corrected chi connectivity index (χ3v) is 1.91. The molecule has 0 aliphatic carbocycles. The van der Waals surface area contributed by atoms with Crippen molar-refractivity contribution in [3.8, 4) is 5.75 Å². The highest BCUT2D eigenvalue weighted by Crippen LogP contribution is 2.14. The summed E-state index contributed by atoms with van der Waals surface area (Å²) in [5.74, 6) is 0.815. The van der Waals surface area contributed by atoms with Crippen LogP contribution in [0.2, 0.25) is 0 Å². The van der Waals surface area contributed by atoms with Crippen LogP contribution in [-0.4, -0.2) is 11.9 Å². The van der Waals surface area contributed by atoms with Gasteiger partial charge < -0.3 is 4.74 Å². The summed E-state index contributed by atoms with van der Waals surface area (Å²) in [6.07, 6.45) is 1.71. The van der Waals surface area contributed by atoms with Crippen LogP contribution in [0.1, 0.15) is 24.2 Å². The summed E-state index contributed by atoms with van der Waals surface area (Å²) in [5.41, 5.74) is 0.698. The summed E-state index contributed by atoms with van der Waals surface area (Å²) < 4.78 is 5.47. The molecule has 0 radical (unpaired) electrons. The summed E-state index contributed by atoms with van der Waals surface area (Å²) in [5, 5.41) is 0. The smallest absolute Gasteiger partial charge is 0.159 e. The van der Waals surface area contributed by atoms with E-state index in [9.17, 15) is 4.79 Å². The predicted octanol–water partition coefficient (Wildman–Crippen LogP) is 2.84. The Morgan fingerprint density at radius 3 is 2.43 bits per heavy atom. The molecule has 0 fully saturated rings. The minimum Gasteiger partial charge on any atom is -0.487 e. The van der Waals surface area contributed by atoms with Crippen LogP contribution < -0.4 is 4.74 Å². The lowest BCUT2D eigenvalue weighted by Crippen LogP contribution is -2.07. The molecule has 0 aliphatic rings. The Morgan fingerprint density at radius 1 is 1.43 bits per heavy atom. The monoisotopic (exact) mass is 190 g/mol. The van der Waals surface area contributed by atoms with Crippen molar-refractivity contribution in [2.75, 3.05) is 0 Å². The van der Waals surface area contributed by atoms with Crippen molar-refractivity contribution in [1.29, 1.82) is 0 Å². The van der Waals surface area contributed by atoms with Crippen LogP contribution in [0.4, 0.5) is 0 Å². The van der Waals surface area contributed by atoms with E-state index in [1.165, 1.54) is 0 Å². The zero-order valence-electron chi connectivity index (χ0n) is 8.49. The van der Waals surface area contributed by atoms with Gasteiger partial charge in [0.05, 0.1) is 0 Å². The third kappa shape index (κ3) is 2.73. The van der Waals surface area contributed by atoms with E-state index in [0.717, 1.165) is 5.75 Å². The fourth-order valence-corrected chi connectivity index (χ4v) is 1.03. The third-order valence-electron chi connectivity index (χ3n) is 1.91. The SMILES string of the molecule is C=CC(C)Oc1ccc(C(C)=O)cc1. The van der Waals surface area contributed by atoms with Gasteiger partial charge in [0.1, 0.15) is 11.9 Å². The minimum absolute atomic E-state index is 0.0156. The summed E-state index contributed by atoms with van der Waals surface area (Å²) in [4.78, 5) is 11.0. The summed E-state index contributed by atoms with van der Waals surface area (Å²) in [6, 6.07) is 7.09. The van der Waals surface area contributed by atoms with E-state index in [1.807, 2.05) is 6.92 Å². The number of hydrogen-bond donors (Lipinski definition) is 0.